The number of benzene rings is 2. The summed E-state index contributed by atoms with van der Waals surface area (Å²) >= 11 is 0. The third kappa shape index (κ3) is 3.30. The first-order valence-electron chi connectivity index (χ1n) is 7.65. The van der Waals surface area contributed by atoms with Crippen LogP contribution in [0.5, 0.6) is 11.5 Å². The summed E-state index contributed by atoms with van der Waals surface area (Å²) in [6.45, 7) is 1.87. The van der Waals surface area contributed by atoms with E-state index in [1.165, 1.54) is 5.56 Å². The first-order valence-corrected chi connectivity index (χ1v) is 7.65. The summed E-state index contributed by atoms with van der Waals surface area (Å²) in [6.07, 6.45) is 2.68. The highest BCUT2D eigenvalue weighted by Crippen LogP contribution is 2.34. The number of primary amides is 1. The maximum Gasteiger partial charge on any atom is 0.255 e. The number of Topliss-reactive ketones (excluding diaryl/α,β-unsaturated/α-hetero) is 1. The van der Waals surface area contributed by atoms with Crippen LogP contribution >= 0.6 is 0 Å². The Kier molecular flexibility index (Phi) is 4.33. The summed E-state index contributed by atoms with van der Waals surface area (Å²) < 4.78 is 10.9. The molecule has 1 heterocycles. The fourth-order valence-corrected chi connectivity index (χ4v) is 2.41. The molecule has 1 amide bonds. The molecule has 0 aliphatic carbocycles. The zero-order chi connectivity index (χ0) is 17.1. The van der Waals surface area contributed by atoms with E-state index < -0.39 is 5.91 Å². The average molecular weight is 323 g/mol. The number of carbonyl (C=O) groups is 2. The van der Waals surface area contributed by atoms with Crippen LogP contribution in [-0.2, 0) is 11.2 Å². The van der Waals surface area contributed by atoms with E-state index in [0.717, 1.165) is 12.0 Å². The Morgan fingerprint density at radius 1 is 1.21 bits per heavy atom. The first kappa shape index (κ1) is 15.8. The molecule has 0 radical (unpaired) electrons. The third-order valence-electron chi connectivity index (χ3n) is 3.71. The molecule has 24 heavy (non-hydrogen) atoms. The topological polar surface area (TPSA) is 78.6 Å². The molecule has 2 aromatic rings. The minimum atomic E-state index is -0.566. The summed E-state index contributed by atoms with van der Waals surface area (Å²) in [5, 5.41) is 0. The van der Waals surface area contributed by atoms with Crippen molar-refractivity contribution in [3.05, 3.63) is 64.9 Å². The monoisotopic (exact) mass is 323 g/mol. The van der Waals surface area contributed by atoms with E-state index in [2.05, 4.69) is 6.92 Å². The largest absolute Gasteiger partial charge is 0.484 e. The zero-order valence-corrected chi connectivity index (χ0v) is 13.2. The maximum atomic E-state index is 12.4. The smallest absolute Gasteiger partial charge is 0.255 e. The van der Waals surface area contributed by atoms with Crippen LogP contribution in [-0.4, -0.2) is 18.3 Å². The molecule has 5 nitrogen and oxygen atoms in total. The highest BCUT2D eigenvalue weighted by atomic mass is 16.5. The number of allylic oxidation sites excluding steroid dienone is 1. The van der Waals surface area contributed by atoms with E-state index in [1.54, 1.807) is 24.3 Å². The molecule has 1 aliphatic heterocycles. The Bertz CT molecular complexity index is 822. The van der Waals surface area contributed by atoms with Gasteiger partial charge in [0.05, 0.1) is 5.56 Å². The van der Waals surface area contributed by atoms with Gasteiger partial charge in [-0.1, -0.05) is 31.2 Å². The van der Waals surface area contributed by atoms with Crippen LogP contribution in [0.2, 0.25) is 0 Å². The predicted molar refractivity (Wildman–Crippen MR) is 89.9 cm³/mol. The van der Waals surface area contributed by atoms with Crippen molar-refractivity contribution in [2.24, 2.45) is 5.73 Å². The highest BCUT2D eigenvalue weighted by molar-refractivity contribution is 6.14. The minimum absolute atomic E-state index is 0.175. The molecule has 0 saturated heterocycles. The fourth-order valence-electron chi connectivity index (χ4n) is 2.41. The van der Waals surface area contributed by atoms with Gasteiger partial charge < -0.3 is 15.2 Å². The molecule has 2 aromatic carbocycles. The number of aryl methyl sites for hydroxylation is 1. The normalized spacial score (nSPS) is 14.4. The van der Waals surface area contributed by atoms with Gasteiger partial charge in [0.25, 0.3) is 5.91 Å². The number of nitrogens with two attached hydrogens (primary N) is 1. The molecule has 3 rings (SSSR count). The second-order valence-corrected chi connectivity index (χ2v) is 5.45. The maximum absolute atomic E-state index is 12.4. The number of hydrogen-bond acceptors (Lipinski definition) is 4. The minimum Gasteiger partial charge on any atom is -0.484 e. The standard InChI is InChI=1S/C19H17NO4/c1-2-12-3-5-13(6-4-12)9-17-19(22)15-8-7-14(10-16(15)24-17)23-11-18(20)21/h3-10H,2,11H2,1H3,(H2,20,21). The Balaban J connectivity index is 1.81. The molecule has 0 aromatic heterocycles. The molecule has 1 aliphatic rings. The molecule has 0 saturated carbocycles. The van der Waals surface area contributed by atoms with E-state index in [0.29, 0.717) is 17.1 Å². The molecule has 2 N–H and O–H groups in total. The van der Waals surface area contributed by atoms with Crippen molar-refractivity contribution in [2.45, 2.75) is 13.3 Å². The molecule has 0 unspecified atom stereocenters. The fraction of sp³-hybridized carbons (Fsp3) is 0.158. The van der Waals surface area contributed by atoms with E-state index in [9.17, 15) is 9.59 Å². The molecule has 122 valence electrons. The van der Waals surface area contributed by atoms with Crippen LogP contribution in [0.15, 0.2) is 48.2 Å². The van der Waals surface area contributed by atoms with Crippen molar-refractivity contribution in [2.75, 3.05) is 6.61 Å². The lowest BCUT2D eigenvalue weighted by atomic mass is 10.1. The SMILES string of the molecule is CCc1ccc(C=C2Oc3cc(OCC(N)=O)ccc3C2=O)cc1. The Morgan fingerprint density at radius 2 is 1.96 bits per heavy atom. The van der Waals surface area contributed by atoms with Gasteiger partial charge >= 0.3 is 0 Å². The molecule has 0 spiro atoms. The summed E-state index contributed by atoms with van der Waals surface area (Å²) in [6, 6.07) is 12.8. The van der Waals surface area contributed by atoms with Crippen LogP contribution in [0, 0.1) is 0 Å². The molecule has 0 bridgehead atoms. The quantitative estimate of drug-likeness (QED) is 0.858. The second kappa shape index (κ2) is 6.58. The molecular formula is C19H17NO4. The van der Waals surface area contributed by atoms with Gasteiger partial charge in [-0.3, -0.25) is 9.59 Å². The van der Waals surface area contributed by atoms with Crippen LogP contribution in [0.1, 0.15) is 28.4 Å². The van der Waals surface area contributed by atoms with Crippen molar-refractivity contribution >= 4 is 17.8 Å². The predicted octanol–water partition coefficient (Wildman–Crippen LogP) is 2.73. The lowest BCUT2D eigenvalue weighted by molar-refractivity contribution is -0.119. The summed E-state index contributed by atoms with van der Waals surface area (Å²) in [5.41, 5.74) is 7.64. The first-order chi connectivity index (χ1) is 11.6. The number of carbonyl (C=O) groups excluding carboxylic acids is 2. The Morgan fingerprint density at radius 3 is 2.62 bits per heavy atom. The Hall–Kier alpha value is -3.08. The zero-order valence-electron chi connectivity index (χ0n) is 13.2. The highest BCUT2D eigenvalue weighted by Gasteiger charge is 2.27. The van der Waals surface area contributed by atoms with Gasteiger partial charge in [0.1, 0.15) is 11.5 Å². The van der Waals surface area contributed by atoms with Crippen LogP contribution in [0.4, 0.5) is 0 Å². The van der Waals surface area contributed by atoms with E-state index in [-0.39, 0.29) is 18.1 Å². The van der Waals surface area contributed by atoms with Crippen molar-refractivity contribution in [1.82, 2.24) is 0 Å². The van der Waals surface area contributed by atoms with Crippen LogP contribution in [0.3, 0.4) is 0 Å². The molecule has 5 heteroatoms. The van der Waals surface area contributed by atoms with Gasteiger partial charge in [0.2, 0.25) is 5.78 Å². The van der Waals surface area contributed by atoms with Gasteiger partial charge in [-0.25, -0.2) is 0 Å². The number of amides is 1. The summed E-state index contributed by atoms with van der Waals surface area (Å²) in [4.78, 5) is 23.2. The number of ether oxygens (including phenoxy) is 2. The lowest BCUT2D eigenvalue weighted by Crippen LogP contribution is -2.19. The number of hydrogen-bond donors (Lipinski definition) is 1. The molecule has 0 fully saturated rings. The number of ketones is 1. The molecular weight excluding hydrogens is 306 g/mol. The van der Waals surface area contributed by atoms with Gasteiger partial charge in [-0.05, 0) is 35.8 Å². The molecule has 0 atom stereocenters. The average Bonchev–Trinajstić information content (AvgIpc) is 2.89. The summed E-state index contributed by atoms with van der Waals surface area (Å²) in [5.74, 6) is 0.364. The van der Waals surface area contributed by atoms with E-state index in [1.807, 2.05) is 24.3 Å². The van der Waals surface area contributed by atoms with E-state index in [4.69, 9.17) is 15.2 Å². The third-order valence-corrected chi connectivity index (χ3v) is 3.71. The number of rotatable bonds is 5. The van der Waals surface area contributed by atoms with E-state index >= 15 is 0 Å². The van der Waals surface area contributed by atoms with Crippen LogP contribution < -0.4 is 15.2 Å². The van der Waals surface area contributed by atoms with Crippen molar-refractivity contribution in [1.29, 1.82) is 0 Å². The second-order valence-electron chi connectivity index (χ2n) is 5.45. The lowest BCUT2D eigenvalue weighted by Gasteiger charge is -2.04. The van der Waals surface area contributed by atoms with Gasteiger partial charge in [-0.2, -0.15) is 0 Å². The Labute approximate surface area is 139 Å². The van der Waals surface area contributed by atoms with Gasteiger partial charge in [0, 0.05) is 6.07 Å². The van der Waals surface area contributed by atoms with Crippen molar-refractivity contribution in [3.8, 4) is 11.5 Å². The summed E-state index contributed by atoms with van der Waals surface area (Å²) in [7, 11) is 0. The van der Waals surface area contributed by atoms with Gasteiger partial charge in [0.15, 0.2) is 12.4 Å². The van der Waals surface area contributed by atoms with Crippen LogP contribution in [0.25, 0.3) is 6.08 Å². The van der Waals surface area contributed by atoms with Crippen molar-refractivity contribution < 1.29 is 19.1 Å². The van der Waals surface area contributed by atoms with Crippen molar-refractivity contribution in [3.63, 3.8) is 0 Å². The number of fused-ring (bicyclic) bond motifs is 1. The van der Waals surface area contributed by atoms with Gasteiger partial charge in [-0.15, -0.1) is 0 Å².